The van der Waals surface area contributed by atoms with Gasteiger partial charge in [-0.2, -0.15) is 10.2 Å². The highest BCUT2D eigenvalue weighted by Crippen LogP contribution is 2.41. The average Bonchev–Trinajstić information content (AvgIpc) is 3.23. The van der Waals surface area contributed by atoms with Gasteiger partial charge in [0.25, 0.3) is 5.56 Å². The maximum absolute atomic E-state index is 12.5. The lowest BCUT2D eigenvalue weighted by Crippen LogP contribution is -2.37. The number of hydrogen-bond acceptors (Lipinski definition) is 4. The van der Waals surface area contributed by atoms with E-state index in [1.807, 2.05) is 12.3 Å². The summed E-state index contributed by atoms with van der Waals surface area (Å²) in [6.07, 6.45) is 11.3. The molecule has 3 aliphatic rings. The summed E-state index contributed by atoms with van der Waals surface area (Å²) in [6.45, 7) is 2.75. The van der Waals surface area contributed by atoms with E-state index in [1.54, 1.807) is 4.68 Å². The summed E-state index contributed by atoms with van der Waals surface area (Å²) >= 11 is 0. The van der Waals surface area contributed by atoms with Crippen LogP contribution in [0.2, 0.25) is 0 Å². The van der Waals surface area contributed by atoms with Gasteiger partial charge < -0.3 is 0 Å². The van der Waals surface area contributed by atoms with Crippen molar-refractivity contribution in [1.82, 2.24) is 24.9 Å². The highest BCUT2D eigenvalue weighted by Gasteiger charge is 2.31. The van der Waals surface area contributed by atoms with Gasteiger partial charge in [-0.15, -0.1) is 0 Å². The van der Waals surface area contributed by atoms with Crippen molar-refractivity contribution in [3.05, 3.63) is 45.1 Å². The Balaban J connectivity index is 1.33. The van der Waals surface area contributed by atoms with Crippen LogP contribution in [0.3, 0.4) is 0 Å². The molecule has 2 aromatic rings. The number of aromatic amines is 1. The molecule has 6 heteroatoms. The van der Waals surface area contributed by atoms with Gasteiger partial charge in [-0.25, -0.2) is 4.68 Å². The van der Waals surface area contributed by atoms with Gasteiger partial charge >= 0.3 is 0 Å². The van der Waals surface area contributed by atoms with Gasteiger partial charge in [-0.05, 0) is 63.5 Å². The zero-order valence-electron chi connectivity index (χ0n) is 15.3. The minimum Gasteiger partial charge on any atom is -0.294 e. The van der Waals surface area contributed by atoms with Crippen LogP contribution >= 0.6 is 0 Å². The fourth-order valence-electron chi connectivity index (χ4n) is 4.63. The highest BCUT2D eigenvalue weighted by molar-refractivity contribution is 5.24. The van der Waals surface area contributed by atoms with E-state index in [2.05, 4.69) is 15.1 Å². The van der Waals surface area contributed by atoms with Gasteiger partial charge in [-0.3, -0.25) is 14.8 Å². The molecule has 2 aromatic heterocycles. The maximum atomic E-state index is 12.5. The molecule has 3 heterocycles. The number of nitrogens with one attached hydrogen (secondary N) is 1. The van der Waals surface area contributed by atoms with E-state index < -0.39 is 0 Å². The van der Waals surface area contributed by atoms with Crippen molar-refractivity contribution < 1.29 is 0 Å². The number of rotatable bonds is 5. The lowest BCUT2D eigenvalue weighted by atomic mass is 9.97. The summed E-state index contributed by atoms with van der Waals surface area (Å²) in [5.74, 6) is 0.693. The molecule has 2 fully saturated rings. The maximum Gasteiger partial charge on any atom is 0.267 e. The van der Waals surface area contributed by atoms with Gasteiger partial charge in [0.2, 0.25) is 0 Å². The number of aryl methyl sites for hydroxylation is 2. The van der Waals surface area contributed by atoms with Crippen molar-refractivity contribution in [3.8, 4) is 0 Å². The predicted octanol–water partition coefficient (Wildman–Crippen LogP) is 2.39. The monoisotopic (exact) mass is 353 g/mol. The molecule has 1 saturated heterocycles. The Morgan fingerprint density at radius 3 is 2.92 bits per heavy atom. The molecule has 2 aliphatic carbocycles. The standard InChI is InChI=1S/C20H27N5O/c26-19-10-15-4-1-2-6-18(15)23-25(19)13-17-5-3-9-24(17)12-16-11-21-22-20(16)14-7-8-14/h10-11,14,17H,1-9,12-13H2,(H,21,22). The largest absolute Gasteiger partial charge is 0.294 e. The Bertz CT molecular complexity index is 850. The summed E-state index contributed by atoms with van der Waals surface area (Å²) in [5, 5.41) is 12.2. The SMILES string of the molecule is O=c1cc2c(nn1CC1CCCN1Cc1cn[nH]c1C1CC1)CCCC2. The average molecular weight is 353 g/mol. The quantitative estimate of drug-likeness (QED) is 0.896. The van der Waals surface area contributed by atoms with Crippen LogP contribution in [-0.2, 0) is 25.9 Å². The number of fused-ring (bicyclic) bond motifs is 1. The van der Waals surface area contributed by atoms with E-state index in [4.69, 9.17) is 5.10 Å². The number of aromatic nitrogens is 4. The lowest BCUT2D eigenvalue weighted by molar-refractivity contribution is 0.215. The van der Waals surface area contributed by atoms with E-state index in [9.17, 15) is 4.79 Å². The Hall–Kier alpha value is -1.95. The molecule has 0 amide bonds. The first-order valence-corrected chi connectivity index (χ1v) is 10.1. The van der Waals surface area contributed by atoms with Crippen LogP contribution < -0.4 is 5.56 Å². The smallest absolute Gasteiger partial charge is 0.267 e. The molecular weight excluding hydrogens is 326 g/mol. The molecule has 138 valence electrons. The topological polar surface area (TPSA) is 66.8 Å². The second-order valence-corrected chi connectivity index (χ2v) is 8.19. The number of likely N-dealkylation sites (tertiary alicyclic amines) is 1. The van der Waals surface area contributed by atoms with Crippen LogP contribution in [0.15, 0.2) is 17.1 Å². The second kappa shape index (κ2) is 6.65. The van der Waals surface area contributed by atoms with Crippen molar-refractivity contribution >= 4 is 0 Å². The second-order valence-electron chi connectivity index (χ2n) is 8.19. The van der Waals surface area contributed by atoms with E-state index >= 15 is 0 Å². The summed E-state index contributed by atoms with van der Waals surface area (Å²) < 4.78 is 1.73. The van der Waals surface area contributed by atoms with Crippen molar-refractivity contribution in [2.45, 2.75) is 76.4 Å². The Morgan fingerprint density at radius 1 is 1.15 bits per heavy atom. The predicted molar refractivity (Wildman–Crippen MR) is 99.1 cm³/mol. The Morgan fingerprint density at radius 2 is 2.04 bits per heavy atom. The molecule has 1 atom stereocenters. The van der Waals surface area contributed by atoms with Crippen molar-refractivity contribution in [2.75, 3.05) is 6.54 Å². The zero-order chi connectivity index (χ0) is 17.5. The lowest BCUT2D eigenvalue weighted by Gasteiger charge is -2.25. The number of H-pyrrole nitrogens is 1. The molecule has 1 aliphatic heterocycles. The minimum absolute atomic E-state index is 0.0690. The molecule has 0 aromatic carbocycles. The first-order chi connectivity index (χ1) is 12.8. The molecular formula is C20H27N5O. The molecule has 1 unspecified atom stereocenters. The summed E-state index contributed by atoms with van der Waals surface area (Å²) in [4.78, 5) is 15.0. The molecule has 5 rings (SSSR count). The van der Waals surface area contributed by atoms with E-state index in [0.29, 0.717) is 18.5 Å². The van der Waals surface area contributed by atoms with Crippen LogP contribution in [-0.4, -0.2) is 37.5 Å². The van der Waals surface area contributed by atoms with Crippen molar-refractivity contribution in [1.29, 1.82) is 0 Å². The highest BCUT2D eigenvalue weighted by atomic mass is 16.1. The molecule has 1 saturated carbocycles. The van der Waals surface area contributed by atoms with E-state index in [-0.39, 0.29) is 5.56 Å². The first-order valence-electron chi connectivity index (χ1n) is 10.1. The number of nitrogens with zero attached hydrogens (tertiary/aromatic N) is 4. The van der Waals surface area contributed by atoms with Crippen LogP contribution in [0.1, 0.15) is 67.0 Å². The van der Waals surface area contributed by atoms with Crippen LogP contribution in [0, 0.1) is 0 Å². The van der Waals surface area contributed by atoms with Crippen LogP contribution in [0.4, 0.5) is 0 Å². The third kappa shape index (κ3) is 3.11. The van der Waals surface area contributed by atoms with Crippen molar-refractivity contribution in [3.63, 3.8) is 0 Å². The van der Waals surface area contributed by atoms with Crippen LogP contribution in [0.25, 0.3) is 0 Å². The molecule has 0 spiro atoms. The minimum atomic E-state index is 0.0690. The molecule has 26 heavy (non-hydrogen) atoms. The molecule has 6 nitrogen and oxygen atoms in total. The Kier molecular flexibility index (Phi) is 4.15. The van der Waals surface area contributed by atoms with E-state index in [1.165, 1.54) is 48.9 Å². The van der Waals surface area contributed by atoms with Gasteiger partial charge in [0.1, 0.15) is 0 Å². The molecule has 0 radical (unpaired) electrons. The van der Waals surface area contributed by atoms with Gasteiger partial charge in [0.05, 0.1) is 18.4 Å². The normalized spacial score (nSPS) is 23.3. The number of hydrogen-bond donors (Lipinski definition) is 1. The van der Waals surface area contributed by atoms with Gasteiger partial charge in [0, 0.05) is 35.8 Å². The summed E-state index contributed by atoms with van der Waals surface area (Å²) in [7, 11) is 0. The zero-order valence-corrected chi connectivity index (χ0v) is 15.3. The Labute approximate surface area is 153 Å². The third-order valence-electron chi connectivity index (χ3n) is 6.27. The third-order valence-corrected chi connectivity index (χ3v) is 6.27. The molecule has 0 bridgehead atoms. The fourth-order valence-corrected chi connectivity index (χ4v) is 4.63. The summed E-state index contributed by atoms with van der Waals surface area (Å²) in [6, 6.07) is 2.23. The molecule has 1 N–H and O–H groups in total. The van der Waals surface area contributed by atoms with E-state index in [0.717, 1.165) is 38.0 Å². The first kappa shape index (κ1) is 16.2. The van der Waals surface area contributed by atoms with Crippen LogP contribution in [0.5, 0.6) is 0 Å². The van der Waals surface area contributed by atoms with Gasteiger partial charge in [0.15, 0.2) is 0 Å². The van der Waals surface area contributed by atoms with Gasteiger partial charge in [-0.1, -0.05) is 0 Å². The fraction of sp³-hybridized carbons (Fsp3) is 0.650. The van der Waals surface area contributed by atoms with Crippen molar-refractivity contribution in [2.24, 2.45) is 0 Å². The summed E-state index contributed by atoms with van der Waals surface area (Å²) in [5.41, 5.74) is 5.06.